The molecule has 0 spiro atoms. The lowest BCUT2D eigenvalue weighted by molar-refractivity contribution is -0.137. The summed E-state index contributed by atoms with van der Waals surface area (Å²) in [6, 6.07) is 4.99. The number of aromatic amines is 1. The Bertz CT molecular complexity index is 698. The van der Waals surface area contributed by atoms with E-state index in [1.54, 1.807) is 6.92 Å². The van der Waals surface area contributed by atoms with E-state index in [0.717, 1.165) is 6.07 Å². The van der Waals surface area contributed by atoms with Crippen molar-refractivity contribution in [2.75, 3.05) is 5.73 Å². The standard InChI is InChI=1S/C14H13F3N4/c1-8(13-20-7-12(19)21-13)6-11(18)9-4-2-3-5-10(9)14(15,16)17/h2-7,18H,19H2,1H3,(H,20,21)/b8-6-,18-11?. The molecule has 0 aliphatic rings. The van der Waals surface area contributed by atoms with Crippen LogP contribution in [0.15, 0.2) is 36.5 Å². The van der Waals surface area contributed by atoms with E-state index < -0.39 is 11.7 Å². The molecule has 1 aromatic carbocycles. The number of halogens is 3. The van der Waals surface area contributed by atoms with Gasteiger partial charge in [-0.3, -0.25) is 0 Å². The number of benzene rings is 1. The zero-order valence-corrected chi connectivity index (χ0v) is 11.1. The number of nitrogens with zero attached hydrogens (tertiary/aromatic N) is 1. The summed E-state index contributed by atoms with van der Waals surface area (Å²) in [5, 5.41) is 7.89. The van der Waals surface area contributed by atoms with E-state index >= 15 is 0 Å². The molecule has 4 nitrogen and oxygen atoms in total. The highest BCUT2D eigenvalue weighted by Crippen LogP contribution is 2.32. The fraction of sp³-hybridized carbons (Fsp3) is 0.143. The minimum absolute atomic E-state index is 0.177. The van der Waals surface area contributed by atoms with Gasteiger partial charge in [-0.25, -0.2) is 4.98 Å². The van der Waals surface area contributed by atoms with Gasteiger partial charge in [-0.05, 0) is 24.6 Å². The number of rotatable bonds is 3. The molecular weight excluding hydrogens is 281 g/mol. The van der Waals surface area contributed by atoms with Crippen molar-refractivity contribution in [3.63, 3.8) is 0 Å². The Kier molecular flexibility index (Phi) is 3.84. The number of nitrogens with one attached hydrogen (secondary N) is 2. The Hall–Kier alpha value is -2.57. The fourth-order valence-corrected chi connectivity index (χ4v) is 1.86. The molecule has 0 aliphatic heterocycles. The quantitative estimate of drug-likeness (QED) is 0.758. The van der Waals surface area contributed by atoms with E-state index in [9.17, 15) is 13.2 Å². The van der Waals surface area contributed by atoms with Gasteiger partial charge in [0, 0.05) is 5.56 Å². The lowest BCUT2D eigenvalue weighted by atomic mass is 10.0. The van der Waals surface area contributed by atoms with Gasteiger partial charge in [0.25, 0.3) is 0 Å². The minimum atomic E-state index is -4.50. The molecule has 0 bridgehead atoms. The molecule has 0 unspecified atom stereocenters. The summed E-state index contributed by atoms with van der Waals surface area (Å²) >= 11 is 0. The van der Waals surface area contributed by atoms with Gasteiger partial charge in [-0.2, -0.15) is 13.2 Å². The average Bonchev–Trinajstić information content (AvgIpc) is 2.84. The van der Waals surface area contributed by atoms with Gasteiger partial charge in [0.1, 0.15) is 11.6 Å². The second-order valence-corrected chi connectivity index (χ2v) is 4.47. The van der Waals surface area contributed by atoms with Crippen molar-refractivity contribution in [2.24, 2.45) is 0 Å². The number of aromatic nitrogens is 2. The van der Waals surface area contributed by atoms with Crippen molar-refractivity contribution in [3.05, 3.63) is 53.5 Å². The summed E-state index contributed by atoms with van der Waals surface area (Å²) in [6.07, 6.45) is -1.78. The minimum Gasteiger partial charge on any atom is -0.384 e. The lowest BCUT2D eigenvalue weighted by Crippen LogP contribution is -2.12. The van der Waals surface area contributed by atoms with Gasteiger partial charge in [0.15, 0.2) is 0 Å². The second kappa shape index (κ2) is 5.43. The third-order valence-corrected chi connectivity index (χ3v) is 2.85. The Balaban J connectivity index is 2.37. The third kappa shape index (κ3) is 3.31. The van der Waals surface area contributed by atoms with E-state index in [4.69, 9.17) is 11.1 Å². The maximum absolute atomic E-state index is 12.9. The molecule has 1 aromatic heterocycles. The summed E-state index contributed by atoms with van der Waals surface area (Å²) in [5.74, 6) is 0.765. The number of anilines is 1. The first-order valence-electron chi connectivity index (χ1n) is 6.03. The number of allylic oxidation sites excluding steroid dienone is 2. The number of imidazole rings is 1. The van der Waals surface area contributed by atoms with Crippen molar-refractivity contribution in [1.82, 2.24) is 9.97 Å². The van der Waals surface area contributed by atoms with Crippen LogP contribution in [-0.2, 0) is 6.18 Å². The third-order valence-electron chi connectivity index (χ3n) is 2.85. The molecule has 0 radical (unpaired) electrons. The van der Waals surface area contributed by atoms with Gasteiger partial charge in [-0.1, -0.05) is 18.2 Å². The van der Waals surface area contributed by atoms with Gasteiger partial charge in [0.2, 0.25) is 0 Å². The summed E-state index contributed by atoms with van der Waals surface area (Å²) in [7, 11) is 0. The summed E-state index contributed by atoms with van der Waals surface area (Å²) in [4.78, 5) is 6.72. The number of nitrogens with two attached hydrogens (primary N) is 1. The maximum atomic E-state index is 12.9. The van der Waals surface area contributed by atoms with E-state index in [2.05, 4.69) is 9.97 Å². The van der Waals surface area contributed by atoms with Crippen LogP contribution in [0, 0.1) is 5.41 Å². The molecule has 2 rings (SSSR count). The smallest absolute Gasteiger partial charge is 0.384 e. The molecule has 4 N–H and O–H groups in total. The zero-order chi connectivity index (χ0) is 15.6. The molecule has 1 heterocycles. The van der Waals surface area contributed by atoms with Crippen LogP contribution in [0.1, 0.15) is 23.9 Å². The molecular formula is C14H13F3N4. The van der Waals surface area contributed by atoms with Crippen molar-refractivity contribution in [1.29, 1.82) is 5.41 Å². The first kappa shape index (κ1) is 14.8. The Morgan fingerprint density at radius 3 is 2.57 bits per heavy atom. The average molecular weight is 294 g/mol. The number of hydrogen-bond acceptors (Lipinski definition) is 3. The van der Waals surface area contributed by atoms with Crippen molar-refractivity contribution in [2.45, 2.75) is 13.1 Å². The number of nitrogen functional groups attached to an aromatic ring is 1. The van der Waals surface area contributed by atoms with Crippen LogP contribution >= 0.6 is 0 Å². The monoisotopic (exact) mass is 294 g/mol. The van der Waals surface area contributed by atoms with Crippen LogP contribution in [0.3, 0.4) is 0 Å². The highest BCUT2D eigenvalue weighted by Gasteiger charge is 2.33. The highest BCUT2D eigenvalue weighted by molar-refractivity contribution is 6.10. The molecule has 2 aromatic rings. The van der Waals surface area contributed by atoms with Crippen LogP contribution in [-0.4, -0.2) is 15.7 Å². The number of hydrogen-bond donors (Lipinski definition) is 3. The Labute approximate surface area is 119 Å². The molecule has 0 saturated carbocycles. The van der Waals surface area contributed by atoms with Gasteiger partial charge < -0.3 is 16.1 Å². The number of H-pyrrole nitrogens is 1. The topological polar surface area (TPSA) is 78.6 Å². The Morgan fingerprint density at radius 1 is 1.33 bits per heavy atom. The van der Waals surface area contributed by atoms with E-state index in [0.29, 0.717) is 17.2 Å². The fourth-order valence-electron chi connectivity index (χ4n) is 1.86. The van der Waals surface area contributed by atoms with Crippen LogP contribution in [0.5, 0.6) is 0 Å². The van der Waals surface area contributed by atoms with Crippen molar-refractivity contribution >= 4 is 17.1 Å². The number of alkyl halides is 3. The summed E-state index contributed by atoms with van der Waals surface area (Å²) in [5.41, 5.74) is 4.76. The van der Waals surface area contributed by atoms with Gasteiger partial charge in [-0.15, -0.1) is 0 Å². The maximum Gasteiger partial charge on any atom is 0.417 e. The van der Waals surface area contributed by atoms with E-state index in [1.807, 2.05) is 0 Å². The van der Waals surface area contributed by atoms with E-state index in [1.165, 1.54) is 30.5 Å². The summed E-state index contributed by atoms with van der Waals surface area (Å²) < 4.78 is 38.8. The van der Waals surface area contributed by atoms with E-state index in [-0.39, 0.29) is 11.3 Å². The first-order chi connectivity index (χ1) is 9.79. The molecule has 0 amide bonds. The molecule has 21 heavy (non-hydrogen) atoms. The van der Waals surface area contributed by atoms with Crippen molar-refractivity contribution in [3.8, 4) is 0 Å². The predicted octanol–water partition coefficient (Wildman–Crippen LogP) is 3.48. The van der Waals surface area contributed by atoms with Crippen LogP contribution < -0.4 is 5.73 Å². The summed E-state index contributed by atoms with van der Waals surface area (Å²) in [6.45, 7) is 1.64. The first-order valence-corrected chi connectivity index (χ1v) is 6.03. The lowest BCUT2D eigenvalue weighted by Gasteiger charge is -2.12. The molecule has 0 fully saturated rings. The highest BCUT2D eigenvalue weighted by atomic mass is 19.4. The predicted molar refractivity (Wildman–Crippen MR) is 74.9 cm³/mol. The molecule has 0 saturated heterocycles. The SMILES string of the molecule is C/C(=C/C(=N)c1ccccc1C(F)(F)F)c1ncc(N)[nH]1. The second-order valence-electron chi connectivity index (χ2n) is 4.47. The van der Waals surface area contributed by atoms with Gasteiger partial charge in [0.05, 0.1) is 17.5 Å². The van der Waals surface area contributed by atoms with Crippen LogP contribution in [0.2, 0.25) is 0 Å². The Morgan fingerprint density at radius 2 is 2.00 bits per heavy atom. The van der Waals surface area contributed by atoms with Gasteiger partial charge >= 0.3 is 6.18 Å². The van der Waals surface area contributed by atoms with Crippen LogP contribution in [0.25, 0.3) is 5.57 Å². The van der Waals surface area contributed by atoms with Crippen LogP contribution in [0.4, 0.5) is 19.0 Å². The largest absolute Gasteiger partial charge is 0.417 e. The molecule has 7 heteroatoms. The molecule has 110 valence electrons. The normalized spacial score (nSPS) is 12.5. The zero-order valence-electron chi connectivity index (χ0n) is 11.1. The molecule has 0 aliphatic carbocycles. The molecule has 0 atom stereocenters. The van der Waals surface area contributed by atoms with Crippen molar-refractivity contribution < 1.29 is 13.2 Å².